The molecule has 1 saturated heterocycles. The summed E-state index contributed by atoms with van der Waals surface area (Å²) in [6, 6.07) is 7.66. The summed E-state index contributed by atoms with van der Waals surface area (Å²) in [4.78, 5) is 12.8. The zero-order chi connectivity index (χ0) is 15.4. The van der Waals surface area contributed by atoms with Crippen molar-refractivity contribution in [1.29, 1.82) is 0 Å². The third-order valence-electron chi connectivity index (χ3n) is 4.84. The van der Waals surface area contributed by atoms with Crippen LogP contribution in [0.15, 0.2) is 24.3 Å². The Kier molecular flexibility index (Phi) is 5.05. The SMILES string of the molecule is O=[N+]([O-])c1ccc(CCN2CCC(NCC3CC3)CC2)cc1. The molecule has 1 aliphatic heterocycles. The minimum Gasteiger partial charge on any atom is -0.314 e. The Morgan fingerprint density at radius 3 is 2.41 bits per heavy atom. The van der Waals surface area contributed by atoms with E-state index in [0.29, 0.717) is 6.04 Å². The monoisotopic (exact) mass is 303 g/mol. The second-order valence-electron chi connectivity index (χ2n) is 6.64. The predicted molar refractivity (Wildman–Crippen MR) is 87.0 cm³/mol. The molecule has 0 amide bonds. The highest BCUT2D eigenvalue weighted by atomic mass is 16.6. The second kappa shape index (κ2) is 7.20. The first-order valence-electron chi connectivity index (χ1n) is 8.40. The summed E-state index contributed by atoms with van der Waals surface area (Å²) >= 11 is 0. The molecule has 0 atom stereocenters. The Bertz CT molecular complexity index is 491. The van der Waals surface area contributed by atoms with Crippen molar-refractivity contribution >= 4 is 5.69 Å². The largest absolute Gasteiger partial charge is 0.314 e. The molecule has 5 nitrogen and oxygen atoms in total. The molecule has 0 spiro atoms. The van der Waals surface area contributed by atoms with E-state index < -0.39 is 0 Å². The summed E-state index contributed by atoms with van der Waals surface area (Å²) in [6.07, 6.45) is 6.29. The van der Waals surface area contributed by atoms with E-state index in [2.05, 4.69) is 10.2 Å². The number of hydrogen-bond acceptors (Lipinski definition) is 4. The van der Waals surface area contributed by atoms with Crippen molar-refractivity contribution in [2.45, 2.75) is 38.1 Å². The van der Waals surface area contributed by atoms with Gasteiger partial charge in [-0.1, -0.05) is 12.1 Å². The summed E-state index contributed by atoms with van der Waals surface area (Å²) in [6.45, 7) is 4.59. The van der Waals surface area contributed by atoms with Gasteiger partial charge in [0.05, 0.1) is 4.92 Å². The second-order valence-corrected chi connectivity index (χ2v) is 6.64. The van der Waals surface area contributed by atoms with E-state index in [4.69, 9.17) is 0 Å². The zero-order valence-electron chi connectivity index (χ0n) is 13.0. The van der Waals surface area contributed by atoms with Crippen LogP contribution in [0.4, 0.5) is 5.69 Å². The normalized spacial score (nSPS) is 20.2. The fourth-order valence-electron chi connectivity index (χ4n) is 3.09. The molecule has 22 heavy (non-hydrogen) atoms. The van der Waals surface area contributed by atoms with Gasteiger partial charge in [0.25, 0.3) is 5.69 Å². The summed E-state index contributed by atoms with van der Waals surface area (Å²) in [7, 11) is 0. The summed E-state index contributed by atoms with van der Waals surface area (Å²) in [5, 5.41) is 14.3. The molecule has 3 rings (SSSR count). The maximum absolute atomic E-state index is 10.6. The summed E-state index contributed by atoms with van der Waals surface area (Å²) in [5.41, 5.74) is 1.35. The number of benzene rings is 1. The average Bonchev–Trinajstić information content (AvgIpc) is 3.36. The Morgan fingerprint density at radius 1 is 1.14 bits per heavy atom. The smallest absolute Gasteiger partial charge is 0.269 e. The fraction of sp³-hybridized carbons (Fsp3) is 0.647. The standard InChI is InChI=1S/C17H25N3O2/c21-20(22)17-5-3-14(4-6-17)7-10-19-11-8-16(9-12-19)18-13-15-1-2-15/h3-6,15-16,18H,1-2,7-13H2. The molecule has 0 unspecified atom stereocenters. The lowest BCUT2D eigenvalue weighted by atomic mass is 10.0. The van der Waals surface area contributed by atoms with Crippen LogP contribution in [-0.4, -0.2) is 42.0 Å². The van der Waals surface area contributed by atoms with Crippen molar-refractivity contribution in [1.82, 2.24) is 10.2 Å². The third-order valence-corrected chi connectivity index (χ3v) is 4.84. The molecule has 1 aromatic carbocycles. The van der Waals surface area contributed by atoms with E-state index in [-0.39, 0.29) is 10.6 Å². The topological polar surface area (TPSA) is 58.4 Å². The Morgan fingerprint density at radius 2 is 1.82 bits per heavy atom. The molecular weight excluding hydrogens is 278 g/mol. The van der Waals surface area contributed by atoms with Crippen molar-refractivity contribution in [2.24, 2.45) is 5.92 Å². The van der Waals surface area contributed by atoms with Gasteiger partial charge >= 0.3 is 0 Å². The van der Waals surface area contributed by atoms with Crippen molar-refractivity contribution in [3.8, 4) is 0 Å². The van der Waals surface area contributed by atoms with Gasteiger partial charge < -0.3 is 10.2 Å². The van der Waals surface area contributed by atoms with Crippen molar-refractivity contribution in [3.63, 3.8) is 0 Å². The predicted octanol–water partition coefficient (Wildman–Crippen LogP) is 2.60. The lowest BCUT2D eigenvalue weighted by molar-refractivity contribution is -0.384. The highest BCUT2D eigenvalue weighted by molar-refractivity contribution is 5.32. The van der Waals surface area contributed by atoms with Gasteiger partial charge in [-0.2, -0.15) is 0 Å². The molecule has 2 fully saturated rings. The molecule has 1 saturated carbocycles. The number of nitrogens with one attached hydrogen (secondary N) is 1. The van der Waals surface area contributed by atoms with Gasteiger partial charge in [-0.05, 0) is 63.2 Å². The zero-order valence-corrected chi connectivity index (χ0v) is 13.0. The van der Waals surface area contributed by atoms with Gasteiger partial charge in [0, 0.05) is 24.7 Å². The lowest BCUT2D eigenvalue weighted by Gasteiger charge is -2.32. The van der Waals surface area contributed by atoms with Crippen LogP contribution >= 0.6 is 0 Å². The highest BCUT2D eigenvalue weighted by Gasteiger charge is 2.24. The van der Waals surface area contributed by atoms with Crippen LogP contribution in [0.3, 0.4) is 0 Å². The average molecular weight is 303 g/mol. The molecule has 0 bridgehead atoms. The van der Waals surface area contributed by atoms with Gasteiger partial charge in [0.15, 0.2) is 0 Å². The molecule has 1 aromatic rings. The van der Waals surface area contributed by atoms with Crippen LogP contribution in [-0.2, 0) is 6.42 Å². The first-order valence-corrected chi connectivity index (χ1v) is 8.40. The van der Waals surface area contributed by atoms with E-state index >= 15 is 0 Å². The van der Waals surface area contributed by atoms with Gasteiger partial charge in [-0.3, -0.25) is 10.1 Å². The maximum Gasteiger partial charge on any atom is 0.269 e. The Balaban J connectivity index is 1.36. The molecule has 0 aromatic heterocycles. The lowest BCUT2D eigenvalue weighted by Crippen LogP contribution is -2.43. The molecule has 5 heteroatoms. The molecule has 0 radical (unpaired) electrons. The minimum absolute atomic E-state index is 0.173. The van der Waals surface area contributed by atoms with E-state index in [1.165, 1.54) is 37.8 Å². The molecule has 120 valence electrons. The number of hydrogen-bond donors (Lipinski definition) is 1. The molecule has 1 aliphatic carbocycles. The van der Waals surface area contributed by atoms with Crippen LogP contribution in [0.25, 0.3) is 0 Å². The first kappa shape index (κ1) is 15.4. The van der Waals surface area contributed by atoms with Crippen LogP contribution < -0.4 is 5.32 Å². The number of likely N-dealkylation sites (tertiary alicyclic amines) is 1. The van der Waals surface area contributed by atoms with Crippen LogP contribution in [0, 0.1) is 16.0 Å². The number of nitrogens with zero attached hydrogens (tertiary/aromatic N) is 2. The van der Waals surface area contributed by atoms with Gasteiger partial charge in [0.2, 0.25) is 0 Å². The molecule has 1 heterocycles. The molecule has 2 aliphatic rings. The number of non-ortho nitro benzene ring substituents is 1. The molecular formula is C17H25N3O2. The van der Waals surface area contributed by atoms with E-state index in [1.54, 1.807) is 12.1 Å². The first-order chi connectivity index (χ1) is 10.7. The number of nitro benzene ring substituents is 1. The summed E-state index contributed by atoms with van der Waals surface area (Å²) in [5.74, 6) is 0.958. The van der Waals surface area contributed by atoms with Crippen molar-refractivity contribution < 1.29 is 4.92 Å². The van der Waals surface area contributed by atoms with E-state index in [9.17, 15) is 10.1 Å². The highest BCUT2D eigenvalue weighted by Crippen LogP contribution is 2.28. The maximum atomic E-state index is 10.6. The van der Waals surface area contributed by atoms with Crippen LogP contribution in [0.2, 0.25) is 0 Å². The molecule has 1 N–H and O–H groups in total. The van der Waals surface area contributed by atoms with Gasteiger partial charge in [-0.25, -0.2) is 0 Å². The fourth-order valence-corrected chi connectivity index (χ4v) is 3.09. The quantitative estimate of drug-likeness (QED) is 0.621. The minimum atomic E-state index is -0.344. The number of nitro groups is 1. The summed E-state index contributed by atoms with van der Waals surface area (Å²) < 4.78 is 0. The van der Waals surface area contributed by atoms with Crippen LogP contribution in [0.5, 0.6) is 0 Å². The van der Waals surface area contributed by atoms with E-state index in [0.717, 1.165) is 32.0 Å². The third kappa shape index (κ3) is 4.52. The van der Waals surface area contributed by atoms with Crippen LogP contribution in [0.1, 0.15) is 31.2 Å². The van der Waals surface area contributed by atoms with E-state index in [1.807, 2.05) is 12.1 Å². The Hall–Kier alpha value is -1.46. The van der Waals surface area contributed by atoms with Gasteiger partial charge in [0.1, 0.15) is 0 Å². The number of piperidine rings is 1. The Labute approximate surface area is 131 Å². The number of rotatable bonds is 7. The van der Waals surface area contributed by atoms with Crippen molar-refractivity contribution in [2.75, 3.05) is 26.2 Å². The van der Waals surface area contributed by atoms with Crippen molar-refractivity contribution in [3.05, 3.63) is 39.9 Å². The van der Waals surface area contributed by atoms with Gasteiger partial charge in [-0.15, -0.1) is 0 Å².